The molecule has 5 rings (SSSR count). The van der Waals surface area contributed by atoms with Crippen molar-refractivity contribution in [2.24, 2.45) is 23.7 Å². The normalized spacial score (nSPS) is 43.9. The molecule has 0 heteroatoms. The first-order chi connectivity index (χ1) is 10.3. The van der Waals surface area contributed by atoms with Crippen molar-refractivity contribution in [2.45, 2.75) is 70.1 Å². The Morgan fingerprint density at radius 3 is 1.95 bits per heavy atom. The van der Waals surface area contributed by atoms with E-state index in [0.717, 1.165) is 35.5 Å². The fourth-order valence-corrected chi connectivity index (χ4v) is 6.62. The molecule has 4 aliphatic rings. The Balaban J connectivity index is 1.42. The quantitative estimate of drug-likeness (QED) is 0.642. The van der Waals surface area contributed by atoms with Crippen LogP contribution < -0.4 is 0 Å². The topological polar surface area (TPSA) is 0 Å². The molecule has 4 fully saturated rings. The van der Waals surface area contributed by atoms with Crippen molar-refractivity contribution in [1.82, 2.24) is 0 Å². The summed E-state index contributed by atoms with van der Waals surface area (Å²) < 4.78 is 0. The summed E-state index contributed by atoms with van der Waals surface area (Å²) in [6.07, 6.45) is 12.1. The van der Waals surface area contributed by atoms with Crippen LogP contribution in [0, 0.1) is 30.6 Å². The molecule has 21 heavy (non-hydrogen) atoms. The van der Waals surface area contributed by atoms with Gasteiger partial charge in [-0.1, -0.05) is 31.0 Å². The highest BCUT2D eigenvalue weighted by Gasteiger charge is 2.42. The van der Waals surface area contributed by atoms with Crippen LogP contribution in [0.15, 0.2) is 18.2 Å². The Labute approximate surface area is 129 Å². The van der Waals surface area contributed by atoms with E-state index in [1.165, 1.54) is 51.4 Å². The average Bonchev–Trinajstić information content (AvgIpc) is 3.27. The molecule has 6 unspecified atom stereocenters. The van der Waals surface area contributed by atoms with E-state index in [4.69, 9.17) is 0 Å². The largest absolute Gasteiger partial charge is 0.0584 e. The molecule has 4 aliphatic carbocycles. The molecule has 4 bridgehead atoms. The van der Waals surface area contributed by atoms with Gasteiger partial charge in [-0.05, 0) is 97.6 Å². The molecule has 4 saturated carbocycles. The summed E-state index contributed by atoms with van der Waals surface area (Å²) in [6, 6.07) is 7.62. The molecule has 0 spiro atoms. The third kappa shape index (κ3) is 1.94. The maximum atomic E-state index is 2.58. The first kappa shape index (κ1) is 12.7. The smallest absolute Gasteiger partial charge is 0.0128 e. The van der Waals surface area contributed by atoms with Gasteiger partial charge in [-0.3, -0.25) is 0 Å². The van der Waals surface area contributed by atoms with E-state index in [2.05, 4.69) is 25.1 Å². The van der Waals surface area contributed by atoms with Crippen molar-refractivity contribution in [3.63, 3.8) is 0 Å². The molecule has 0 N–H and O–H groups in total. The van der Waals surface area contributed by atoms with Crippen LogP contribution in [0.4, 0.5) is 0 Å². The SMILES string of the molecule is Cc1cc(C2CC3CCC2C3)ccc1C1CC2CCC1C2. The lowest BCUT2D eigenvalue weighted by Gasteiger charge is -2.26. The maximum absolute atomic E-state index is 2.58. The third-order valence-corrected chi connectivity index (χ3v) is 7.60. The van der Waals surface area contributed by atoms with Crippen molar-refractivity contribution in [1.29, 1.82) is 0 Å². The van der Waals surface area contributed by atoms with Crippen LogP contribution in [-0.4, -0.2) is 0 Å². The van der Waals surface area contributed by atoms with Gasteiger partial charge in [0, 0.05) is 0 Å². The third-order valence-electron chi connectivity index (χ3n) is 7.60. The lowest BCUT2D eigenvalue weighted by Crippen LogP contribution is -2.12. The number of rotatable bonds is 2. The average molecular weight is 280 g/mol. The van der Waals surface area contributed by atoms with Crippen LogP contribution in [0.25, 0.3) is 0 Å². The first-order valence-corrected chi connectivity index (χ1v) is 9.38. The van der Waals surface area contributed by atoms with Crippen molar-refractivity contribution in [3.05, 3.63) is 34.9 Å². The Morgan fingerprint density at radius 2 is 1.43 bits per heavy atom. The Kier molecular flexibility index (Phi) is 2.79. The predicted octanol–water partition coefficient (Wildman–Crippen LogP) is 5.80. The summed E-state index contributed by atoms with van der Waals surface area (Å²) in [4.78, 5) is 0. The summed E-state index contributed by atoms with van der Waals surface area (Å²) in [5.74, 6) is 5.95. The minimum absolute atomic E-state index is 0.900. The Bertz CT molecular complexity index is 557. The van der Waals surface area contributed by atoms with E-state index in [0.29, 0.717) is 0 Å². The molecule has 0 heterocycles. The standard InChI is InChI=1S/C21H28/c1-13-8-16(20-11-14-2-4-17(20)9-14)6-7-19(13)21-12-15-3-5-18(21)10-15/h6-8,14-15,17-18,20-21H,2-5,9-12H2,1H3. The highest BCUT2D eigenvalue weighted by Crippen LogP contribution is 2.55. The molecule has 1 aromatic carbocycles. The van der Waals surface area contributed by atoms with Gasteiger partial charge < -0.3 is 0 Å². The van der Waals surface area contributed by atoms with Gasteiger partial charge in [-0.2, -0.15) is 0 Å². The summed E-state index contributed by atoms with van der Waals surface area (Å²) >= 11 is 0. The van der Waals surface area contributed by atoms with Gasteiger partial charge >= 0.3 is 0 Å². The zero-order chi connectivity index (χ0) is 14.0. The monoisotopic (exact) mass is 280 g/mol. The number of hydrogen-bond donors (Lipinski definition) is 0. The molecule has 0 aromatic heterocycles. The Hall–Kier alpha value is -0.780. The van der Waals surface area contributed by atoms with Crippen molar-refractivity contribution in [3.8, 4) is 0 Å². The van der Waals surface area contributed by atoms with Gasteiger partial charge in [0.1, 0.15) is 0 Å². The molecule has 6 atom stereocenters. The summed E-state index contributed by atoms with van der Waals surface area (Å²) in [6.45, 7) is 2.39. The fourth-order valence-electron chi connectivity index (χ4n) is 6.62. The minimum Gasteiger partial charge on any atom is -0.0584 e. The van der Waals surface area contributed by atoms with E-state index in [1.54, 1.807) is 16.7 Å². The number of benzene rings is 1. The van der Waals surface area contributed by atoms with E-state index >= 15 is 0 Å². The lowest BCUT2D eigenvalue weighted by atomic mass is 9.78. The maximum Gasteiger partial charge on any atom is -0.0128 e. The fraction of sp³-hybridized carbons (Fsp3) is 0.714. The number of aryl methyl sites for hydroxylation is 1. The van der Waals surface area contributed by atoms with Crippen LogP contribution in [0.2, 0.25) is 0 Å². The van der Waals surface area contributed by atoms with E-state index in [9.17, 15) is 0 Å². The van der Waals surface area contributed by atoms with E-state index in [1.807, 2.05) is 0 Å². The Morgan fingerprint density at radius 1 is 0.762 bits per heavy atom. The van der Waals surface area contributed by atoms with Gasteiger partial charge in [0.2, 0.25) is 0 Å². The summed E-state index contributed by atoms with van der Waals surface area (Å²) in [5, 5.41) is 0. The van der Waals surface area contributed by atoms with E-state index < -0.39 is 0 Å². The van der Waals surface area contributed by atoms with Gasteiger partial charge in [-0.25, -0.2) is 0 Å². The van der Waals surface area contributed by atoms with E-state index in [-0.39, 0.29) is 0 Å². The molecule has 0 aliphatic heterocycles. The van der Waals surface area contributed by atoms with Crippen LogP contribution in [0.1, 0.15) is 79.9 Å². The van der Waals surface area contributed by atoms with Crippen molar-refractivity contribution < 1.29 is 0 Å². The lowest BCUT2D eigenvalue weighted by molar-refractivity contribution is 0.414. The van der Waals surface area contributed by atoms with Gasteiger partial charge in [0.25, 0.3) is 0 Å². The number of fused-ring (bicyclic) bond motifs is 4. The highest BCUT2D eigenvalue weighted by molar-refractivity contribution is 5.37. The molecule has 1 aromatic rings. The van der Waals surface area contributed by atoms with Crippen LogP contribution in [0.3, 0.4) is 0 Å². The first-order valence-electron chi connectivity index (χ1n) is 9.38. The second-order valence-electron chi connectivity index (χ2n) is 8.68. The van der Waals surface area contributed by atoms with Crippen molar-refractivity contribution in [2.75, 3.05) is 0 Å². The molecule has 0 nitrogen and oxygen atoms in total. The number of hydrogen-bond acceptors (Lipinski definition) is 0. The molecule has 0 radical (unpaired) electrons. The highest BCUT2D eigenvalue weighted by atomic mass is 14.5. The predicted molar refractivity (Wildman–Crippen MR) is 87.6 cm³/mol. The summed E-state index contributed by atoms with van der Waals surface area (Å²) in [7, 11) is 0. The molecule has 0 amide bonds. The van der Waals surface area contributed by atoms with Crippen LogP contribution in [0.5, 0.6) is 0 Å². The molecular formula is C21H28. The second-order valence-corrected chi connectivity index (χ2v) is 8.68. The zero-order valence-electron chi connectivity index (χ0n) is 13.4. The minimum atomic E-state index is 0.900. The van der Waals surface area contributed by atoms with Crippen LogP contribution >= 0.6 is 0 Å². The van der Waals surface area contributed by atoms with Gasteiger partial charge in [0.15, 0.2) is 0 Å². The summed E-state index contributed by atoms with van der Waals surface area (Å²) in [5.41, 5.74) is 4.98. The molecule has 0 saturated heterocycles. The molecule has 112 valence electrons. The van der Waals surface area contributed by atoms with Crippen LogP contribution in [-0.2, 0) is 0 Å². The zero-order valence-corrected chi connectivity index (χ0v) is 13.4. The van der Waals surface area contributed by atoms with Crippen molar-refractivity contribution >= 4 is 0 Å². The second kappa shape index (κ2) is 4.61. The molecular weight excluding hydrogens is 252 g/mol. The van der Waals surface area contributed by atoms with Gasteiger partial charge in [0.05, 0.1) is 0 Å². The van der Waals surface area contributed by atoms with Gasteiger partial charge in [-0.15, -0.1) is 0 Å².